The highest BCUT2D eigenvalue weighted by atomic mass is 15.0. The third-order valence-corrected chi connectivity index (χ3v) is 12.4. The van der Waals surface area contributed by atoms with Crippen molar-refractivity contribution in [2.45, 2.75) is 38.5 Å². The van der Waals surface area contributed by atoms with Gasteiger partial charge in [-0.2, -0.15) is 0 Å². The lowest BCUT2D eigenvalue weighted by atomic mass is 9.79. The van der Waals surface area contributed by atoms with Crippen molar-refractivity contribution in [3.05, 3.63) is 192 Å². The summed E-state index contributed by atoms with van der Waals surface area (Å²) in [6.45, 7) is 9.36. The number of benzene rings is 7. The van der Waals surface area contributed by atoms with Crippen molar-refractivity contribution < 1.29 is 0 Å². The van der Waals surface area contributed by atoms with Crippen molar-refractivity contribution in [2.75, 3.05) is 0 Å². The lowest BCUT2D eigenvalue weighted by Gasteiger charge is -2.24. The molecule has 0 atom stereocenters. The molecule has 0 bridgehead atoms. The Kier molecular flexibility index (Phi) is 8.07. The fourth-order valence-corrected chi connectivity index (χ4v) is 9.12. The standard InChI is InChI=1S/C54H40N6/c1-53(2)43-29-37(51-57-47(33-17-9-5-10-18-33)55-48(58-51)34-19-11-6-12-20-34)25-27-39(43)41-32-46-42(31-45(41)53)40-28-26-38(30-44(40)54(46,3)4)52-59-49(35-21-13-7-14-22-35)56-50(60-52)36-23-15-8-16-24-36/h5-32H,1-4H3. The highest BCUT2D eigenvalue weighted by molar-refractivity contribution is 5.91. The van der Waals surface area contributed by atoms with Gasteiger partial charge >= 0.3 is 0 Å². The molecule has 2 aliphatic carbocycles. The second-order valence-corrected chi connectivity index (χ2v) is 16.8. The van der Waals surface area contributed by atoms with Crippen LogP contribution in [-0.4, -0.2) is 29.9 Å². The van der Waals surface area contributed by atoms with E-state index in [0.29, 0.717) is 34.9 Å². The van der Waals surface area contributed by atoms with Crippen LogP contribution >= 0.6 is 0 Å². The summed E-state index contributed by atoms with van der Waals surface area (Å²) >= 11 is 0. The van der Waals surface area contributed by atoms with Gasteiger partial charge in [-0.1, -0.05) is 173 Å². The first kappa shape index (κ1) is 35.7. The van der Waals surface area contributed by atoms with Crippen LogP contribution in [0, 0.1) is 0 Å². The van der Waals surface area contributed by atoms with E-state index in [0.717, 1.165) is 33.4 Å². The minimum Gasteiger partial charge on any atom is -0.208 e. The number of nitrogens with zero attached hydrogens (tertiary/aromatic N) is 6. The number of hydrogen-bond acceptors (Lipinski definition) is 6. The quantitative estimate of drug-likeness (QED) is 0.167. The van der Waals surface area contributed by atoms with E-state index in [1.54, 1.807) is 0 Å². The molecular weight excluding hydrogens is 733 g/mol. The second-order valence-electron chi connectivity index (χ2n) is 16.8. The highest BCUT2D eigenvalue weighted by Crippen LogP contribution is 2.56. The molecule has 2 aliphatic rings. The van der Waals surface area contributed by atoms with E-state index < -0.39 is 0 Å². The van der Waals surface area contributed by atoms with Gasteiger partial charge in [0.25, 0.3) is 0 Å². The molecule has 6 heteroatoms. The van der Waals surface area contributed by atoms with E-state index in [2.05, 4.69) is 76.2 Å². The molecule has 0 spiro atoms. The second kappa shape index (κ2) is 13.6. The molecule has 60 heavy (non-hydrogen) atoms. The summed E-state index contributed by atoms with van der Waals surface area (Å²) in [5.41, 5.74) is 15.5. The summed E-state index contributed by atoms with van der Waals surface area (Å²) in [7, 11) is 0. The molecule has 6 nitrogen and oxygen atoms in total. The van der Waals surface area contributed by atoms with Gasteiger partial charge in [0.1, 0.15) is 0 Å². The first-order valence-electron chi connectivity index (χ1n) is 20.5. The molecule has 0 saturated heterocycles. The Bertz CT molecular complexity index is 2790. The van der Waals surface area contributed by atoms with Crippen LogP contribution in [0.1, 0.15) is 49.9 Å². The molecule has 0 aliphatic heterocycles. The Morgan fingerprint density at radius 2 is 0.500 bits per heavy atom. The van der Waals surface area contributed by atoms with Crippen molar-refractivity contribution in [1.82, 2.24) is 29.9 Å². The van der Waals surface area contributed by atoms with Crippen LogP contribution < -0.4 is 0 Å². The van der Waals surface area contributed by atoms with Crippen molar-refractivity contribution in [3.63, 3.8) is 0 Å². The number of fused-ring (bicyclic) bond motifs is 6. The van der Waals surface area contributed by atoms with Crippen LogP contribution in [0.25, 0.3) is 90.6 Å². The molecule has 2 aromatic heterocycles. The molecule has 0 N–H and O–H groups in total. The molecule has 286 valence electrons. The molecule has 0 radical (unpaired) electrons. The SMILES string of the molecule is CC1(C)c2cc(-c3nc(-c4ccccc4)nc(-c4ccccc4)n3)ccc2-c2cc3c(cc21)-c1ccc(-c2nc(-c4ccccc4)nc(-c4ccccc4)n2)cc1C3(C)C. The minimum absolute atomic E-state index is 0.257. The average Bonchev–Trinajstić information content (AvgIpc) is 3.67. The van der Waals surface area contributed by atoms with Gasteiger partial charge in [-0.05, 0) is 68.8 Å². The van der Waals surface area contributed by atoms with Crippen molar-refractivity contribution in [1.29, 1.82) is 0 Å². The van der Waals surface area contributed by atoms with Crippen LogP contribution in [0.15, 0.2) is 170 Å². The first-order chi connectivity index (χ1) is 29.2. The number of aromatic nitrogens is 6. The van der Waals surface area contributed by atoms with Crippen LogP contribution in [0.3, 0.4) is 0 Å². The Morgan fingerprint density at radius 1 is 0.250 bits per heavy atom. The van der Waals surface area contributed by atoms with Crippen LogP contribution in [0.5, 0.6) is 0 Å². The molecule has 0 unspecified atom stereocenters. The van der Waals surface area contributed by atoms with Crippen molar-refractivity contribution in [3.8, 4) is 90.6 Å². The average molecular weight is 773 g/mol. The van der Waals surface area contributed by atoms with Crippen molar-refractivity contribution in [2.24, 2.45) is 0 Å². The third kappa shape index (κ3) is 5.78. The zero-order valence-electron chi connectivity index (χ0n) is 33.8. The van der Waals surface area contributed by atoms with Gasteiger partial charge in [-0.15, -0.1) is 0 Å². The minimum atomic E-state index is -0.257. The maximum atomic E-state index is 5.05. The molecular formula is C54H40N6. The van der Waals surface area contributed by atoms with E-state index in [9.17, 15) is 0 Å². The zero-order valence-corrected chi connectivity index (χ0v) is 33.8. The number of rotatable bonds is 6. The van der Waals surface area contributed by atoms with Gasteiger partial charge in [0.2, 0.25) is 0 Å². The smallest absolute Gasteiger partial charge is 0.164 e. The largest absolute Gasteiger partial charge is 0.208 e. The van der Waals surface area contributed by atoms with E-state index in [4.69, 9.17) is 29.9 Å². The fraction of sp³-hybridized carbons (Fsp3) is 0.111. The monoisotopic (exact) mass is 772 g/mol. The molecule has 0 fully saturated rings. The van der Waals surface area contributed by atoms with Gasteiger partial charge in [0, 0.05) is 44.2 Å². The van der Waals surface area contributed by atoms with Gasteiger partial charge in [0.15, 0.2) is 34.9 Å². The Hall–Kier alpha value is -7.44. The van der Waals surface area contributed by atoms with Gasteiger partial charge in [-0.25, -0.2) is 29.9 Å². The highest BCUT2D eigenvalue weighted by Gasteiger charge is 2.42. The van der Waals surface area contributed by atoms with Crippen LogP contribution in [-0.2, 0) is 10.8 Å². The van der Waals surface area contributed by atoms with E-state index in [1.807, 2.05) is 121 Å². The molecule has 2 heterocycles. The first-order valence-corrected chi connectivity index (χ1v) is 20.5. The summed E-state index contributed by atoms with van der Waals surface area (Å²) in [6.07, 6.45) is 0. The summed E-state index contributed by atoms with van der Waals surface area (Å²) < 4.78 is 0. The van der Waals surface area contributed by atoms with Gasteiger partial charge < -0.3 is 0 Å². The normalized spacial score (nSPS) is 13.9. The van der Waals surface area contributed by atoms with E-state index >= 15 is 0 Å². The predicted octanol–water partition coefficient (Wildman–Crippen LogP) is 12.7. The Balaban J connectivity index is 0.991. The third-order valence-electron chi connectivity index (χ3n) is 12.4. The Morgan fingerprint density at radius 3 is 0.783 bits per heavy atom. The topological polar surface area (TPSA) is 77.3 Å². The number of hydrogen-bond donors (Lipinski definition) is 0. The maximum Gasteiger partial charge on any atom is 0.164 e. The summed E-state index contributed by atoms with van der Waals surface area (Å²) in [6, 6.07) is 58.9. The Labute approximate surface area is 349 Å². The maximum absolute atomic E-state index is 5.05. The summed E-state index contributed by atoms with van der Waals surface area (Å²) in [5.74, 6) is 3.96. The molecule has 9 aromatic rings. The summed E-state index contributed by atoms with van der Waals surface area (Å²) in [5, 5.41) is 0. The molecule has 0 saturated carbocycles. The van der Waals surface area contributed by atoms with Crippen LogP contribution in [0.4, 0.5) is 0 Å². The summed E-state index contributed by atoms with van der Waals surface area (Å²) in [4.78, 5) is 30.1. The predicted molar refractivity (Wildman–Crippen MR) is 241 cm³/mol. The van der Waals surface area contributed by atoms with Crippen LogP contribution in [0.2, 0.25) is 0 Å². The lowest BCUT2D eigenvalue weighted by Crippen LogP contribution is -2.17. The lowest BCUT2D eigenvalue weighted by molar-refractivity contribution is 0.652. The molecule has 7 aromatic carbocycles. The van der Waals surface area contributed by atoms with Gasteiger partial charge in [0.05, 0.1) is 0 Å². The van der Waals surface area contributed by atoms with Gasteiger partial charge in [-0.3, -0.25) is 0 Å². The van der Waals surface area contributed by atoms with E-state index in [-0.39, 0.29) is 10.8 Å². The van der Waals surface area contributed by atoms with E-state index in [1.165, 1.54) is 44.5 Å². The fourth-order valence-electron chi connectivity index (χ4n) is 9.12. The zero-order chi connectivity index (χ0) is 40.6. The molecule has 11 rings (SSSR count). The molecule has 0 amide bonds. The van der Waals surface area contributed by atoms with Crippen molar-refractivity contribution >= 4 is 0 Å².